The molecular formula is C49H94N18O13. The van der Waals surface area contributed by atoms with Crippen molar-refractivity contribution in [2.24, 2.45) is 50.9 Å². The molecule has 0 bridgehead atoms. The van der Waals surface area contributed by atoms with E-state index in [2.05, 4.69) is 52.8 Å². The van der Waals surface area contributed by atoms with Gasteiger partial charge < -0.3 is 119 Å². The zero-order chi connectivity index (χ0) is 59.1. The lowest BCUT2D eigenvalue weighted by Crippen LogP contribution is -2.69. The fraction of sp³-hybridized carbons (Fsp3) is 0.816. The zero-order valence-electron chi connectivity index (χ0n) is 46.0. The Morgan fingerprint density at radius 2 is 0.963 bits per heavy atom. The summed E-state index contributed by atoms with van der Waals surface area (Å²) in [5.74, 6) is -2.03. The summed E-state index contributed by atoms with van der Waals surface area (Å²) in [6.45, 7) is 1.83. The quantitative estimate of drug-likeness (QED) is 0.0254. The highest BCUT2D eigenvalue weighted by Gasteiger charge is 2.48. The number of aliphatic imine (C=N–C) groups is 1. The van der Waals surface area contributed by atoms with Gasteiger partial charge in [-0.3, -0.25) is 33.6 Å². The Morgan fingerprint density at radius 1 is 0.588 bits per heavy atom. The average Bonchev–Trinajstić information content (AvgIpc) is 3.97. The molecule has 3 aliphatic rings. The minimum absolute atomic E-state index is 0.000522. The summed E-state index contributed by atoms with van der Waals surface area (Å²) in [7, 11) is 0. The SMILES string of the molecule is NCCCC(N)CC(=O)NCCCC(N)CC(=O)NCCCC(N)CC(=O)NCCCC(N)CC(=O)NCCCC(N)CC(=O)NCCCC(N)CC(=O)NC1C(NC2=NC3C(=O)NCC(O)C3N2)OC(COC(N)=O)C(O)C1O. The molecule has 3 heterocycles. The summed E-state index contributed by atoms with van der Waals surface area (Å²) in [6.07, 6.45) is -0.908. The molecule has 0 aromatic heterocycles. The summed E-state index contributed by atoms with van der Waals surface area (Å²) in [4.78, 5) is 103. The van der Waals surface area contributed by atoms with E-state index < -0.39 is 91.4 Å². The van der Waals surface area contributed by atoms with Gasteiger partial charge >= 0.3 is 6.09 Å². The predicted molar refractivity (Wildman–Crippen MR) is 294 cm³/mol. The molecule has 0 aliphatic carbocycles. The molecule has 14 atom stereocenters. The van der Waals surface area contributed by atoms with Crippen LogP contribution >= 0.6 is 0 Å². The molecule has 0 radical (unpaired) electrons. The van der Waals surface area contributed by atoms with Gasteiger partial charge in [-0.1, -0.05) is 0 Å². The van der Waals surface area contributed by atoms with Crippen molar-refractivity contribution in [3.63, 3.8) is 0 Å². The smallest absolute Gasteiger partial charge is 0.404 e. The second kappa shape index (κ2) is 37.4. The molecule has 8 amide bonds. The minimum Gasteiger partial charge on any atom is -0.447 e. The fourth-order valence-electron chi connectivity index (χ4n) is 9.21. The number of amides is 8. The Labute approximate surface area is 467 Å². The van der Waals surface area contributed by atoms with E-state index in [0.29, 0.717) is 103 Å². The number of carbonyl (C=O) groups is 8. The molecule has 0 spiro atoms. The monoisotopic (exact) mass is 1140 g/mol. The molecule has 2 fully saturated rings. The van der Waals surface area contributed by atoms with E-state index in [1.54, 1.807) is 0 Å². The Kier molecular flexibility index (Phi) is 32.1. The maximum absolute atomic E-state index is 13.2. The van der Waals surface area contributed by atoms with Crippen LogP contribution in [0.4, 0.5) is 4.79 Å². The van der Waals surface area contributed by atoms with Crippen LogP contribution in [0.15, 0.2) is 4.99 Å². The Balaban J connectivity index is 1.19. The van der Waals surface area contributed by atoms with Gasteiger partial charge in [0.2, 0.25) is 41.4 Å². The number of guanidine groups is 1. The number of rotatable bonds is 39. The van der Waals surface area contributed by atoms with Gasteiger partial charge in [-0.15, -0.1) is 0 Å². The lowest BCUT2D eigenvalue weighted by Gasteiger charge is -2.43. The third-order valence-corrected chi connectivity index (χ3v) is 13.7. The van der Waals surface area contributed by atoms with Gasteiger partial charge in [0.1, 0.15) is 31.0 Å². The number of primary amides is 1. The lowest BCUT2D eigenvalue weighted by atomic mass is 9.95. The first kappa shape index (κ1) is 68.7. The molecule has 0 aromatic carbocycles. The summed E-state index contributed by atoms with van der Waals surface area (Å²) >= 11 is 0. The van der Waals surface area contributed by atoms with Crippen molar-refractivity contribution >= 4 is 53.4 Å². The van der Waals surface area contributed by atoms with Crippen LogP contribution in [0, 0.1) is 0 Å². The van der Waals surface area contributed by atoms with Crippen LogP contribution in [0.25, 0.3) is 0 Å². The standard InChI is InChI=1S/C49H94N18O13/c50-13-1-7-27(51)19-35(69)58-14-2-8-28(52)20-36(70)59-15-3-9-29(53)21-37(71)60-16-4-10-30(54)22-38(72)61-17-5-11-31(55)23-39(73)62-18-6-12-32(56)24-40(74)64-43-45(76)44(75)34(26-79-48(57)78)80-47(43)67-49-65-41-33(68)25-63-46(77)42(41)66-49/h27-34,41-45,47,68,75-76H,1-26,50-56H2,(H2,57,78)(H,58,69)(H,59,70)(H,60,71)(H,61,72)(H,62,73)(H,63,77)(H,64,74)(H2,65,66,67). The molecule has 31 heteroatoms. The number of aliphatic hydroxyl groups is 3. The Morgan fingerprint density at radius 3 is 1.32 bits per heavy atom. The zero-order valence-corrected chi connectivity index (χ0v) is 46.0. The maximum atomic E-state index is 13.2. The number of hydrogen-bond acceptors (Lipinski definition) is 23. The van der Waals surface area contributed by atoms with Crippen LogP contribution < -0.4 is 93.7 Å². The molecule has 0 saturated carbocycles. The Bertz CT molecular complexity index is 1980. The molecule has 0 aromatic rings. The normalized spacial score (nSPS) is 23.7. The summed E-state index contributed by atoms with van der Waals surface area (Å²) < 4.78 is 10.6. The molecule has 28 N–H and O–H groups in total. The molecule has 458 valence electrons. The predicted octanol–water partition coefficient (Wildman–Crippen LogP) is -7.68. The number of nitrogens with zero attached hydrogens (tertiary/aromatic N) is 1. The van der Waals surface area contributed by atoms with Crippen molar-refractivity contribution in [2.75, 3.05) is 52.4 Å². The van der Waals surface area contributed by atoms with Gasteiger partial charge in [-0.05, 0) is 83.6 Å². The van der Waals surface area contributed by atoms with Crippen LogP contribution in [-0.4, -0.2) is 206 Å². The number of piperidine rings is 1. The van der Waals surface area contributed by atoms with Crippen molar-refractivity contribution in [3.05, 3.63) is 0 Å². The second-order valence-electron chi connectivity index (χ2n) is 21.0. The first-order valence-corrected chi connectivity index (χ1v) is 27.9. The molecule has 14 unspecified atom stereocenters. The van der Waals surface area contributed by atoms with Crippen molar-refractivity contribution in [2.45, 2.75) is 201 Å². The van der Waals surface area contributed by atoms with Crippen LogP contribution in [0.3, 0.4) is 0 Å². The molecule has 31 nitrogen and oxygen atoms in total. The first-order chi connectivity index (χ1) is 38.0. The van der Waals surface area contributed by atoms with Gasteiger partial charge in [-0.25, -0.2) is 9.79 Å². The molecule has 2 saturated heterocycles. The third-order valence-electron chi connectivity index (χ3n) is 13.7. The van der Waals surface area contributed by atoms with Crippen LogP contribution in [0.2, 0.25) is 0 Å². The van der Waals surface area contributed by atoms with Gasteiger partial charge in [0.05, 0.1) is 12.1 Å². The number of hydrogen-bond donors (Lipinski definition) is 20. The first-order valence-electron chi connectivity index (χ1n) is 27.9. The van der Waals surface area contributed by atoms with E-state index in [9.17, 15) is 53.7 Å². The highest BCUT2D eigenvalue weighted by atomic mass is 16.6. The Hall–Kier alpha value is -5.61. The van der Waals surface area contributed by atoms with Crippen LogP contribution in [0.5, 0.6) is 0 Å². The van der Waals surface area contributed by atoms with Gasteiger partial charge in [0.15, 0.2) is 18.2 Å². The number of carbonyl (C=O) groups excluding carboxylic acids is 8. The summed E-state index contributed by atoms with van der Waals surface area (Å²) in [5, 5.41) is 57.2. The average molecular weight is 1140 g/mol. The molecule has 3 rings (SSSR count). The third kappa shape index (κ3) is 27.7. The van der Waals surface area contributed by atoms with Gasteiger partial charge in [-0.2, -0.15) is 0 Å². The van der Waals surface area contributed by atoms with E-state index >= 15 is 0 Å². The molecular weight excluding hydrogens is 1050 g/mol. The van der Waals surface area contributed by atoms with Crippen molar-refractivity contribution in [3.8, 4) is 0 Å². The van der Waals surface area contributed by atoms with E-state index in [1.807, 2.05) is 0 Å². The highest BCUT2D eigenvalue weighted by molar-refractivity contribution is 5.93. The number of β-amino-alcohol motifs (C(OH)–C–C–N with tert-alkyl or cyclic N) is 1. The fourth-order valence-corrected chi connectivity index (χ4v) is 9.21. The number of nitrogens with one attached hydrogen (secondary N) is 9. The van der Waals surface area contributed by atoms with Crippen LogP contribution in [-0.2, 0) is 43.0 Å². The number of aliphatic hydroxyl groups excluding tert-OH is 3. The largest absolute Gasteiger partial charge is 0.447 e. The van der Waals surface area contributed by atoms with E-state index in [0.717, 1.165) is 6.42 Å². The van der Waals surface area contributed by atoms with Crippen molar-refractivity contribution in [1.29, 1.82) is 0 Å². The summed E-state index contributed by atoms with van der Waals surface area (Å²) in [6, 6.07) is -5.52. The lowest BCUT2D eigenvalue weighted by molar-refractivity contribution is -0.198. The van der Waals surface area contributed by atoms with E-state index in [-0.39, 0.29) is 105 Å². The summed E-state index contributed by atoms with van der Waals surface area (Å²) in [5.41, 5.74) is 47.3. The van der Waals surface area contributed by atoms with Gasteiger partial charge in [0, 0.05) is 114 Å². The molecule has 3 aliphatic heterocycles. The van der Waals surface area contributed by atoms with E-state index in [4.69, 9.17) is 55.3 Å². The second-order valence-corrected chi connectivity index (χ2v) is 21.0. The number of nitrogens with two attached hydrogens (primary N) is 8. The molecule has 80 heavy (non-hydrogen) atoms. The van der Waals surface area contributed by atoms with Crippen LogP contribution in [0.1, 0.15) is 116 Å². The number of fused-ring (bicyclic) bond motifs is 1. The van der Waals surface area contributed by atoms with Gasteiger partial charge in [0.25, 0.3) is 0 Å². The maximum Gasteiger partial charge on any atom is 0.404 e. The number of ether oxygens (including phenoxy) is 2. The highest BCUT2D eigenvalue weighted by Crippen LogP contribution is 2.23. The van der Waals surface area contributed by atoms with E-state index in [1.165, 1.54) is 0 Å². The topological polar surface area (TPSA) is 544 Å². The van der Waals surface area contributed by atoms with Crippen molar-refractivity contribution < 1.29 is 63.1 Å². The minimum atomic E-state index is -1.66. The van der Waals surface area contributed by atoms with Crippen molar-refractivity contribution in [1.82, 2.24) is 47.9 Å².